The molecule has 2 N–H and O–H groups in total. The van der Waals surface area contributed by atoms with Gasteiger partial charge in [-0.3, -0.25) is 4.79 Å². The van der Waals surface area contributed by atoms with Crippen molar-refractivity contribution in [2.24, 2.45) is 17.8 Å². The molecule has 1 heterocycles. The Bertz CT molecular complexity index is 496. The fraction of sp³-hybridized carbons (Fsp3) is 0.588. The van der Waals surface area contributed by atoms with Crippen LogP contribution in [0.1, 0.15) is 37.8 Å². The highest BCUT2D eigenvalue weighted by Gasteiger charge is 2.41. The molecule has 0 aromatic heterocycles. The minimum absolute atomic E-state index is 0.139. The topological polar surface area (TPSA) is 41.1 Å². The Labute approximate surface area is 131 Å². The highest BCUT2D eigenvalue weighted by atomic mass is 35.5. The minimum atomic E-state index is 0.139. The molecule has 1 aromatic carbocycles. The molecular weight excluding hydrogens is 284 g/mol. The zero-order chi connectivity index (χ0) is 14.8. The van der Waals surface area contributed by atoms with Crippen molar-refractivity contribution < 1.29 is 4.79 Å². The molecule has 4 heteroatoms. The molecule has 0 spiro atoms. The Morgan fingerprint density at radius 1 is 1.29 bits per heavy atom. The van der Waals surface area contributed by atoms with Crippen molar-refractivity contribution in [2.75, 3.05) is 13.1 Å². The lowest BCUT2D eigenvalue weighted by molar-refractivity contribution is -0.126. The average Bonchev–Trinajstić information content (AvgIpc) is 3.23. The Morgan fingerprint density at radius 3 is 2.48 bits per heavy atom. The van der Waals surface area contributed by atoms with Crippen LogP contribution in [0.5, 0.6) is 0 Å². The Hall–Kier alpha value is -1.06. The Balaban J connectivity index is 1.70. The predicted molar refractivity (Wildman–Crippen MR) is 85.2 cm³/mol. The van der Waals surface area contributed by atoms with E-state index in [9.17, 15) is 4.79 Å². The van der Waals surface area contributed by atoms with E-state index in [1.54, 1.807) is 0 Å². The Morgan fingerprint density at radius 2 is 1.90 bits per heavy atom. The lowest BCUT2D eigenvalue weighted by atomic mass is 9.95. The lowest BCUT2D eigenvalue weighted by Crippen LogP contribution is -2.40. The third-order valence-corrected chi connectivity index (χ3v) is 5.09. The minimum Gasteiger partial charge on any atom is -0.349 e. The molecule has 1 saturated heterocycles. The van der Waals surface area contributed by atoms with Crippen molar-refractivity contribution in [1.29, 1.82) is 0 Å². The van der Waals surface area contributed by atoms with Crippen molar-refractivity contribution in [2.45, 2.75) is 32.2 Å². The SMILES string of the molecule is C[C@@H]1C[C@@H]1[C@H](NC(=O)C1CCNCC1)c1ccc(Cl)cc1. The van der Waals surface area contributed by atoms with Crippen LogP contribution in [0.2, 0.25) is 5.02 Å². The van der Waals surface area contributed by atoms with E-state index in [-0.39, 0.29) is 17.9 Å². The molecule has 0 radical (unpaired) electrons. The first-order valence-electron chi connectivity index (χ1n) is 7.91. The van der Waals surface area contributed by atoms with Gasteiger partial charge in [0, 0.05) is 10.9 Å². The standard InChI is InChI=1S/C17H23ClN2O/c1-11-10-15(11)16(12-2-4-14(18)5-3-12)20-17(21)13-6-8-19-9-7-13/h2-5,11,13,15-16,19H,6-10H2,1H3,(H,20,21)/t11-,15+,16-/m1/s1. The molecule has 1 aliphatic heterocycles. The van der Waals surface area contributed by atoms with Gasteiger partial charge < -0.3 is 10.6 Å². The van der Waals surface area contributed by atoms with Gasteiger partial charge in [-0.05, 0) is 61.9 Å². The number of nitrogens with one attached hydrogen (secondary N) is 2. The van der Waals surface area contributed by atoms with Gasteiger partial charge in [-0.15, -0.1) is 0 Å². The third kappa shape index (κ3) is 3.58. The third-order valence-electron chi connectivity index (χ3n) is 4.84. The number of hydrogen-bond acceptors (Lipinski definition) is 2. The molecule has 114 valence electrons. The average molecular weight is 307 g/mol. The summed E-state index contributed by atoms with van der Waals surface area (Å²) >= 11 is 5.97. The van der Waals surface area contributed by atoms with E-state index in [0.717, 1.165) is 31.0 Å². The van der Waals surface area contributed by atoms with Gasteiger partial charge in [-0.25, -0.2) is 0 Å². The van der Waals surface area contributed by atoms with Gasteiger partial charge in [-0.1, -0.05) is 30.7 Å². The summed E-state index contributed by atoms with van der Waals surface area (Å²) in [5, 5.41) is 7.36. The van der Waals surface area contributed by atoms with Crippen LogP contribution < -0.4 is 10.6 Å². The molecule has 2 aliphatic rings. The lowest BCUT2D eigenvalue weighted by Gasteiger charge is -2.26. The summed E-state index contributed by atoms with van der Waals surface area (Å²) in [5.74, 6) is 1.64. The van der Waals surface area contributed by atoms with E-state index in [2.05, 4.69) is 17.6 Å². The number of piperidine rings is 1. The van der Waals surface area contributed by atoms with E-state index in [1.165, 1.54) is 12.0 Å². The number of carbonyl (C=O) groups excluding carboxylic acids is 1. The van der Waals surface area contributed by atoms with Crippen molar-refractivity contribution in [3.05, 3.63) is 34.9 Å². The monoisotopic (exact) mass is 306 g/mol. The number of rotatable bonds is 4. The second kappa shape index (κ2) is 6.37. The maximum atomic E-state index is 12.5. The van der Waals surface area contributed by atoms with Gasteiger partial charge in [0.1, 0.15) is 0 Å². The first kappa shape index (κ1) is 14.9. The van der Waals surface area contributed by atoms with E-state index >= 15 is 0 Å². The predicted octanol–water partition coefficient (Wildman–Crippen LogP) is 3.15. The van der Waals surface area contributed by atoms with Crippen LogP contribution in [-0.2, 0) is 4.79 Å². The van der Waals surface area contributed by atoms with E-state index in [0.29, 0.717) is 11.8 Å². The fourth-order valence-corrected chi connectivity index (χ4v) is 3.40. The Kier molecular flexibility index (Phi) is 4.51. The number of amides is 1. The smallest absolute Gasteiger partial charge is 0.223 e. The summed E-state index contributed by atoms with van der Waals surface area (Å²) in [4.78, 5) is 12.5. The molecule has 1 amide bonds. The number of benzene rings is 1. The van der Waals surface area contributed by atoms with Crippen LogP contribution in [0.15, 0.2) is 24.3 Å². The normalized spacial score (nSPS) is 27.1. The second-order valence-corrected chi connectivity index (χ2v) is 6.88. The molecule has 1 aliphatic carbocycles. The fourth-order valence-electron chi connectivity index (χ4n) is 3.28. The first-order chi connectivity index (χ1) is 10.1. The summed E-state index contributed by atoms with van der Waals surface area (Å²) in [6, 6.07) is 8.04. The largest absolute Gasteiger partial charge is 0.349 e. The van der Waals surface area contributed by atoms with Gasteiger partial charge >= 0.3 is 0 Å². The zero-order valence-corrected chi connectivity index (χ0v) is 13.2. The van der Waals surface area contributed by atoms with Gasteiger partial charge in [0.25, 0.3) is 0 Å². The van der Waals surface area contributed by atoms with Crippen LogP contribution in [0, 0.1) is 17.8 Å². The first-order valence-corrected chi connectivity index (χ1v) is 8.29. The van der Waals surface area contributed by atoms with Crippen molar-refractivity contribution in [3.8, 4) is 0 Å². The van der Waals surface area contributed by atoms with Gasteiger partial charge in [0.15, 0.2) is 0 Å². The van der Waals surface area contributed by atoms with Gasteiger partial charge in [0.2, 0.25) is 5.91 Å². The quantitative estimate of drug-likeness (QED) is 0.897. The van der Waals surface area contributed by atoms with Crippen LogP contribution in [0.3, 0.4) is 0 Å². The highest BCUT2D eigenvalue weighted by molar-refractivity contribution is 6.30. The number of hydrogen-bond donors (Lipinski definition) is 2. The maximum Gasteiger partial charge on any atom is 0.223 e. The number of halogens is 1. The van der Waals surface area contributed by atoms with E-state index < -0.39 is 0 Å². The highest BCUT2D eigenvalue weighted by Crippen LogP contribution is 2.47. The summed E-state index contributed by atoms with van der Waals surface area (Å²) < 4.78 is 0. The molecule has 21 heavy (non-hydrogen) atoms. The molecule has 0 unspecified atom stereocenters. The maximum absolute atomic E-state index is 12.5. The molecule has 1 saturated carbocycles. The van der Waals surface area contributed by atoms with Crippen LogP contribution >= 0.6 is 11.6 Å². The molecule has 1 aromatic rings. The summed E-state index contributed by atoms with van der Waals surface area (Å²) in [7, 11) is 0. The summed E-state index contributed by atoms with van der Waals surface area (Å²) in [6.07, 6.45) is 3.08. The number of carbonyl (C=O) groups is 1. The molecule has 3 nitrogen and oxygen atoms in total. The van der Waals surface area contributed by atoms with Gasteiger partial charge in [-0.2, -0.15) is 0 Å². The zero-order valence-electron chi connectivity index (χ0n) is 12.4. The van der Waals surface area contributed by atoms with Crippen LogP contribution in [-0.4, -0.2) is 19.0 Å². The molecule has 3 atom stereocenters. The molecule has 3 rings (SSSR count). The van der Waals surface area contributed by atoms with E-state index in [4.69, 9.17) is 11.6 Å². The van der Waals surface area contributed by atoms with Gasteiger partial charge in [0.05, 0.1) is 6.04 Å². The van der Waals surface area contributed by atoms with E-state index in [1.807, 2.05) is 24.3 Å². The molecule has 2 fully saturated rings. The van der Waals surface area contributed by atoms with Crippen LogP contribution in [0.25, 0.3) is 0 Å². The van der Waals surface area contributed by atoms with Crippen LogP contribution in [0.4, 0.5) is 0 Å². The van der Waals surface area contributed by atoms with Crippen molar-refractivity contribution in [3.63, 3.8) is 0 Å². The molecular formula is C17H23ClN2O. The van der Waals surface area contributed by atoms with Crippen molar-refractivity contribution >= 4 is 17.5 Å². The van der Waals surface area contributed by atoms with Crippen molar-refractivity contribution in [1.82, 2.24) is 10.6 Å². The molecule has 0 bridgehead atoms. The summed E-state index contributed by atoms with van der Waals surface area (Å²) in [5.41, 5.74) is 1.18. The second-order valence-electron chi connectivity index (χ2n) is 6.44. The summed E-state index contributed by atoms with van der Waals surface area (Å²) in [6.45, 7) is 4.15.